The molecule has 6 nitrogen and oxygen atoms in total. The summed E-state index contributed by atoms with van der Waals surface area (Å²) >= 11 is 3.18. The van der Waals surface area contributed by atoms with Crippen LogP contribution in [-0.4, -0.2) is 19.7 Å². The lowest BCUT2D eigenvalue weighted by Gasteiger charge is -2.10. The Hall–Kier alpha value is -3.00. The van der Waals surface area contributed by atoms with Gasteiger partial charge in [-0.05, 0) is 47.1 Å². The summed E-state index contributed by atoms with van der Waals surface area (Å²) in [5.74, 6) is -0.574. The molecule has 0 spiro atoms. The van der Waals surface area contributed by atoms with Crippen LogP contribution in [0.4, 0.5) is 29.2 Å². The van der Waals surface area contributed by atoms with E-state index in [0.29, 0.717) is 4.47 Å². The second kappa shape index (κ2) is 6.96. The highest BCUT2D eigenvalue weighted by Crippen LogP contribution is 2.30. The SMILES string of the molecule is Cc1cc(C(F)(F)F)nn1-c1nc(Nc2cc(F)cc(C#N)c2)ncc1Br. The number of anilines is 2. The fourth-order valence-corrected chi connectivity index (χ4v) is 2.61. The molecule has 138 valence electrons. The number of benzene rings is 1. The van der Waals surface area contributed by atoms with Crippen molar-refractivity contribution in [3.8, 4) is 11.9 Å². The smallest absolute Gasteiger partial charge is 0.324 e. The Labute approximate surface area is 158 Å². The first-order valence-corrected chi connectivity index (χ1v) is 8.11. The summed E-state index contributed by atoms with van der Waals surface area (Å²) < 4.78 is 53.5. The van der Waals surface area contributed by atoms with Crippen LogP contribution in [0.15, 0.2) is 34.9 Å². The predicted molar refractivity (Wildman–Crippen MR) is 91.0 cm³/mol. The zero-order chi connectivity index (χ0) is 19.8. The first-order valence-electron chi connectivity index (χ1n) is 7.32. The first kappa shape index (κ1) is 18.8. The average molecular weight is 441 g/mol. The summed E-state index contributed by atoms with van der Waals surface area (Å²) in [6, 6.07) is 6.29. The third-order valence-corrected chi connectivity index (χ3v) is 3.95. The molecule has 11 heteroatoms. The van der Waals surface area contributed by atoms with Gasteiger partial charge in [0.1, 0.15) is 5.82 Å². The van der Waals surface area contributed by atoms with E-state index < -0.39 is 17.7 Å². The Balaban J connectivity index is 2.00. The number of rotatable bonds is 3. The highest BCUT2D eigenvalue weighted by atomic mass is 79.9. The van der Waals surface area contributed by atoms with E-state index in [1.165, 1.54) is 19.2 Å². The monoisotopic (exact) mass is 440 g/mol. The minimum atomic E-state index is -4.59. The van der Waals surface area contributed by atoms with Gasteiger partial charge in [-0.15, -0.1) is 0 Å². The lowest BCUT2D eigenvalue weighted by Crippen LogP contribution is -2.10. The highest BCUT2D eigenvalue weighted by Gasteiger charge is 2.34. The molecular weight excluding hydrogens is 432 g/mol. The molecule has 0 aliphatic rings. The van der Waals surface area contributed by atoms with Gasteiger partial charge in [-0.25, -0.2) is 14.1 Å². The highest BCUT2D eigenvalue weighted by molar-refractivity contribution is 9.10. The van der Waals surface area contributed by atoms with Gasteiger partial charge in [0.25, 0.3) is 0 Å². The molecule has 0 unspecified atom stereocenters. The van der Waals surface area contributed by atoms with E-state index in [-0.39, 0.29) is 28.7 Å². The minimum absolute atomic E-state index is 0.00820. The maximum Gasteiger partial charge on any atom is 0.435 e. The molecule has 3 rings (SSSR count). The Bertz CT molecular complexity index is 1050. The molecule has 2 heterocycles. The van der Waals surface area contributed by atoms with Crippen LogP contribution in [0.3, 0.4) is 0 Å². The van der Waals surface area contributed by atoms with Gasteiger partial charge in [-0.3, -0.25) is 0 Å². The summed E-state index contributed by atoms with van der Waals surface area (Å²) in [5.41, 5.74) is -0.533. The van der Waals surface area contributed by atoms with Crippen LogP contribution >= 0.6 is 15.9 Å². The van der Waals surface area contributed by atoms with Gasteiger partial charge in [0.05, 0.1) is 16.1 Å². The molecule has 0 amide bonds. The van der Waals surface area contributed by atoms with Crippen LogP contribution in [0.5, 0.6) is 0 Å². The molecule has 0 saturated carbocycles. The zero-order valence-corrected chi connectivity index (χ0v) is 15.1. The van der Waals surface area contributed by atoms with Crippen LogP contribution in [-0.2, 0) is 6.18 Å². The van der Waals surface area contributed by atoms with Crippen molar-refractivity contribution < 1.29 is 17.6 Å². The van der Waals surface area contributed by atoms with Gasteiger partial charge < -0.3 is 5.32 Å². The van der Waals surface area contributed by atoms with Gasteiger partial charge in [0.2, 0.25) is 5.95 Å². The van der Waals surface area contributed by atoms with E-state index >= 15 is 0 Å². The van der Waals surface area contributed by atoms with Gasteiger partial charge in [-0.2, -0.15) is 28.5 Å². The van der Waals surface area contributed by atoms with Crippen molar-refractivity contribution in [1.29, 1.82) is 5.26 Å². The molecule has 1 aromatic carbocycles. The second-order valence-corrected chi connectivity index (χ2v) is 6.27. The van der Waals surface area contributed by atoms with Crippen molar-refractivity contribution >= 4 is 27.6 Å². The van der Waals surface area contributed by atoms with E-state index in [9.17, 15) is 17.6 Å². The number of nitriles is 1. The number of hydrogen-bond acceptors (Lipinski definition) is 5. The van der Waals surface area contributed by atoms with Crippen molar-refractivity contribution in [2.45, 2.75) is 13.1 Å². The summed E-state index contributed by atoms with van der Waals surface area (Å²) in [6.07, 6.45) is -3.27. The molecule has 0 fully saturated rings. The molecule has 27 heavy (non-hydrogen) atoms. The maximum atomic E-state index is 13.5. The molecule has 0 saturated heterocycles. The lowest BCUT2D eigenvalue weighted by atomic mass is 10.2. The van der Waals surface area contributed by atoms with E-state index in [4.69, 9.17) is 5.26 Å². The molecule has 3 aromatic rings. The fraction of sp³-hybridized carbons (Fsp3) is 0.125. The molecular formula is C16H9BrF4N6. The second-order valence-electron chi connectivity index (χ2n) is 5.41. The number of halogens is 5. The Morgan fingerprint density at radius 1 is 1.22 bits per heavy atom. The zero-order valence-electron chi connectivity index (χ0n) is 13.5. The number of alkyl halides is 3. The lowest BCUT2D eigenvalue weighted by molar-refractivity contribution is -0.141. The summed E-state index contributed by atoms with van der Waals surface area (Å²) in [6.45, 7) is 1.45. The van der Waals surface area contributed by atoms with Crippen molar-refractivity contribution in [2.75, 3.05) is 5.32 Å². The third kappa shape index (κ3) is 4.06. The third-order valence-electron chi connectivity index (χ3n) is 3.39. The summed E-state index contributed by atoms with van der Waals surface area (Å²) in [4.78, 5) is 8.13. The van der Waals surface area contributed by atoms with Crippen LogP contribution in [0.2, 0.25) is 0 Å². The van der Waals surface area contributed by atoms with Crippen LogP contribution < -0.4 is 5.32 Å². The average Bonchev–Trinajstić information content (AvgIpc) is 2.98. The van der Waals surface area contributed by atoms with Crippen LogP contribution in [0.1, 0.15) is 17.0 Å². The number of nitrogens with zero attached hydrogens (tertiary/aromatic N) is 5. The van der Waals surface area contributed by atoms with E-state index in [2.05, 4.69) is 36.3 Å². The van der Waals surface area contributed by atoms with Gasteiger partial charge >= 0.3 is 6.18 Å². The summed E-state index contributed by atoms with van der Waals surface area (Å²) in [7, 11) is 0. The molecule has 0 aliphatic carbocycles. The van der Waals surface area contributed by atoms with Gasteiger partial charge in [0, 0.05) is 17.6 Å². The Morgan fingerprint density at radius 3 is 2.59 bits per heavy atom. The number of aryl methyl sites for hydroxylation is 1. The fourth-order valence-electron chi connectivity index (χ4n) is 2.25. The Morgan fingerprint density at radius 2 is 1.96 bits per heavy atom. The number of aromatic nitrogens is 4. The standard InChI is InChI=1S/C16H9BrF4N6/c1-8-2-13(16(19,20)21)26-27(8)14-12(17)7-23-15(25-14)24-11-4-9(6-22)3-10(18)5-11/h2-5,7H,1H3,(H,23,24,25). The Kier molecular flexibility index (Phi) is 4.84. The van der Waals surface area contributed by atoms with Gasteiger partial charge in [-0.1, -0.05) is 0 Å². The molecule has 0 aliphatic heterocycles. The summed E-state index contributed by atoms with van der Waals surface area (Å²) in [5, 5.41) is 15.2. The van der Waals surface area contributed by atoms with Crippen molar-refractivity contribution in [3.63, 3.8) is 0 Å². The first-order chi connectivity index (χ1) is 12.7. The topological polar surface area (TPSA) is 79.4 Å². The van der Waals surface area contributed by atoms with E-state index in [1.54, 1.807) is 0 Å². The molecule has 1 N–H and O–H groups in total. The van der Waals surface area contributed by atoms with Crippen LogP contribution in [0.25, 0.3) is 5.82 Å². The number of hydrogen-bond donors (Lipinski definition) is 1. The van der Waals surface area contributed by atoms with E-state index in [0.717, 1.165) is 22.9 Å². The largest absolute Gasteiger partial charge is 0.435 e. The molecule has 0 bridgehead atoms. The van der Waals surface area contributed by atoms with E-state index in [1.807, 2.05) is 6.07 Å². The number of nitrogens with one attached hydrogen (secondary N) is 1. The van der Waals surface area contributed by atoms with Crippen molar-refractivity contribution in [3.05, 3.63) is 57.7 Å². The minimum Gasteiger partial charge on any atom is -0.324 e. The quantitative estimate of drug-likeness (QED) is 0.606. The normalized spacial score (nSPS) is 11.3. The molecule has 2 aromatic heterocycles. The molecule has 0 atom stereocenters. The van der Waals surface area contributed by atoms with Crippen LogP contribution in [0, 0.1) is 24.1 Å². The van der Waals surface area contributed by atoms with Crippen molar-refractivity contribution in [1.82, 2.24) is 19.7 Å². The maximum absolute atomic E-state index is 13.5. The predicted octanol–water partition coefficient (Wildman–Crippen LogP) is 4.51. The van der Waals surface area contributed by atoms with Gasteiger partial charge in [0.15, 0.2) is 11.5 Å². The molecule has 0 radical (unpaired) electrons. The van der Waals surface area contributed by atoms with Crippen molar-refractivity contribution in [2.24, 2.45) is 0 Å².